The molecule has 1 nitrogen and oxygen atoms in total. The summed E-state index contributed by atoms with van der Waals surface area (Å²) in [5, 5.41) is 5.67. The third-order valence-corrected chi connectivity index (χ3v) is 4.91. The Labute approximate surface area is 128 Å². The summed E-state index contributed by atoms with van der Waals surface area (Å²) in [4.78, 5) is 1.37. The smallest absolute Gasteiger partial charge is 0.0409 e. The Morgan fingerprint density at radius 2 is 1.95 bits per heavy atom. The molecule has 1 N–H and O–H groups in total. The van der Waals surface area contributed by atoms with Crippen molar-refractivity contribution in [2.75, 3.05) is 0 Å². The van der Waals surface area contributed by atoms with Crippen LogP contribution in [0, 0.1) is 0 Å². The van der Waals surface area contributed by atoms with Crippen LogP contribution in [-0.2, 0) is 6.54 Å². The van der Waals surface area contributed by atoms with Gasteiger partial charge in [0.15, 0.2) is 0 Å². The average molecular weight is 302 g/mol. The maximum absolute atomic E-state index is 6.00. The van der Waals surface area contributed by atoms with Crippen LogP contribution in [0.15, 0.2) is 54.6 Å². The van der Waals surface area contributed by atoms with Crippen LogP contribution in [-0.4, -0.2) is 0 Å². The normalized spacial score (nSPS) is 12.7. The molecule has 102 valence electrons. The van der Waals surface area contributed by atoms with E-state index >= 15 is 0 Å². The summed E-state index contributed by atoms with van der Waals surface area (Å²) >= 11 is 7.86. The van der Waals surface area contributed by atoms with Gasteiger partial charge in [0.1, 0.15) is 0 Å². The Morgan fingerprint density at radius 1 is 1.10 bits per heavy atom. The minimum absolute atomic E-state index is 0.339. The van der Waals surface area contributed by atoms with Gasteiger partial charge in [-0.05, 0) is 42.1 Å². The maximum Gasteiger partial charge on any atom is 0.0409 e. The van der Waals surface area contributed by atoms with Crippen molar-refractivity contribution in [3.05, 3.63) is 70.1 Å². The minimum atomic E-state index is 0.339. The van der Waals surface area contributed by atoms with Crippen LogP contribution in [0.4, 0.5) is 0 Å². The van der Waals surface area contributed by atoms with Gasteiger partial charge in [-0.15, -0.1) is 11.3 Å². The topological polar surface area (TPSA) is 12.0 Å². The van der Waals surface area contributed by atoms with Crippen molar-refractivity contribution in [1.82, 2.24) is 5.32 Å². The number of fused-ring (bicyclic) bond motifs is 1. The van der Waals surface area contributed by atoms with Crippen molar-refractivity contribution in [3.63, 3.8) is 0 Å². The molecule has 0 bridgehead atoms. The van der Waals surface area contributed by atoms with Gasteiger partial charge >= 0.3 is 0 Å². The van der Waals surface area contributed by atoms with E-state index in [0.29, 0.717) is 6.04 Å². The van der Waals surface area contributed by atoms with Crippen LogP contribution in [0.3, 0.4) is 0 Å². The van der Waals surface area contributed by atoms with Gasteiger partial charge in [0.05, 0.1) is 0 Å². The molecule has 0 spiro atoms. The maximum atomic E-state index is 6.00. The number of rotatable bonds is 4. The molecule has 1 aromatic heterocycles. The van der Waals surface area contributed by atoms with E-state index in [9.17, 15) is 0 Å². The molecule has 2 aromatic carbocycles. The van der Waals surface area contributed by atoms with Crippen LogP contribution in [0.5, 0.6) is 0 Å². The molecule has 1 atom stereocenters. The predicted octanol–water partition coefficient (Wildman–Crippen LogP) is 5.41. The van der Waals surface area contributed by atoms with Crippen molar-refractivity contribution in [2.24, 2.45) is 0 Å². The first-order valence-corrected chi connectivity index (χ1v) is 7.88. The van der Waals surface area contributed by atoms with Crippen molar-refractivity contribution < 1.29 is 0 Å². The molecule has 3 rings (SSSR count). The van der Waals surface area contributed by atoms with E-state index in [2.05, 4.69) is 48.6 Å². The number of hydrogen-bond donors (Lipinski definition) is 1. The third kappa shape index (κ3) is 3.04. The summed E-state index contributed by atoms with van der Waals surface area (Å²) < 4.78 is 1.35. The Morgan fingerprint density at radius 3 is 2.75 bits per heavy atom. The fraction of sp³-hybridized carbons (Fsp3) is 0.176. The number of hydrogen-bond acceptors (Lipinski definition) is 2. The molecule has 3 heteroatoms. The van der Waals surface area contributed by atoms with Crippen molar-refractivity contribution in [1.29, 1.82) is 0 Å². The lowest BCUT2D eigenvalue weighted by Crippen LogP contribution is -2.17. The Balaban J connectivity index is 1.71. The quantitative estimate of drug-likeness (QED) is 0.680. The van der Waals surface area contributed by atoms with Crippen LogP contribution in [0.1, 0.15) is 23.4 Å². The molecule has 0 amide bonds. The van der Waals surface area contributed by atoms with Gasteiger partial charge in [-0.2, -0.15) is 0 Å². The molecular formula is C17H16ClNS. The van der Waals surface area contributed by atoms with Crippen molar-refractivity contribution >= 4 is 33.0 Å². The monoisotopic (exact) mass is 301 g/mol. The SMILES string of the molecule is CC(NCc1cccc(Cl)c1)c1cc2ccccc2s1. The van der Waals surface area contributed by atoms with Gasteiger partial charge in [-0.3, -0.25) is 0 Å². The second-order valence-corrected chi connectivity index (χ2v) is 6.47. The fourth-order valence-corrected chi connectivity index (χ4v) is 3.54. The Bertz CT molecular complexity index is 687. The molecule has 0 saturated heterocycles. The summed E-state index contributed by atoms with van der Waals surface area (Å²) in [6.45, 7) is 3.03. The van der Waals surface area contributed by atoms with E-state index in [-0.39, 0.29) is 0 Å². The molecule has 20 heavy (non-hydrogen) atoms. The molecule has 1 heterocycles. The number of halogens is 1. The lowest BCUT2D eigenvalue weighted by atomic mass is 10.2. The van der Waals surface area contributed by atoms with E-state index < -0.39 is 0 Å². The van der Waals surface area contributed by atoms with Gasteiger partial charge in [-0.1, -0.05) is 41.9 Å². The summed E-state index contributed by atoms with van der Waals surface area (Å²) in [5.74, 6) is 0. The zero-order chi connectivity index (χ0) is 13.9. The molecular weight excluding hydrogens is 286 g/mol. The van der Waals surface area contributed by atoms with Crippen LogP contribution in [0.25, 0.3) is 10.1 Å². The first-order chi connectivity index (χ1) is 9.72. The predicted molar refractivity (Wildman–Crippen MR) is 88.5 cm³/mol. The number of benzene rings is 2. The number of nitrogens with one attached hydrogen (secondary N) is 1. The largest absolute Gasteiger partial charge is 0.305 e. The molecule has 1 unspecified atom stereocenters. The zero-order valence-corrected chi connectivity index (χ0v) is 12.8. The highest BCUT2D eigenvalue weighted by molar-refractivity contribution is 7.19. The van der Waals surface area contributed by atoms with E-state index in [1.54, 1.807) is 0 Å². The highest BCUT2D eigenvalue weighted by Crippen LogP contribution is 2.29. The molecule has 0 aliphatic rings. The van der Waals surface area contributed by atoms with Crippen molar-refractivity contribution in [3.8, 4) is 0 Å². The molecule has 0 fully saturated rings. The van der Waals surface area contributed by atoms with Crippen molar-refractivity contribution in [2.45, 2.75) is 19.5 Å². The van der Waals surface area contributed by atoms with E-state index in [1.165, 1.54) is 20.5 Å². The second-order valence-electron chi connectivity index (χ2n) is 4.92. The molecule has 0 saturated carbocycles. The van der Waals surface area contributed by atoms with Gasteiger partial charge in [0, 0.05) is 27.2 Å². The number of thiophene rings is 1. The standard InChI is InChI=1S/C17H16ClNS/c1-12(19-11-13-5-4-7-15(18)9-13)17-10-14-6-2-3-8-16(14)20-17/h2-10,12,19H,11H2,1H3. The van der Waals surface area contributed by atoms with Crippen LogP contribution < -0.4 is 5.32 Å². The third-order valence-electron chi connectivity index (χ3n) is 3.37. The second kappa shape index (κ2) is 5.96. The fourth-order valence-electron chi connectivity index (χ4n) is 2.23. The van der Waals surface area contributed by atoms with Gasteiger partial charge in [0.2, 0.25) is 0 Å². The van der Waals surface area contributed by atoms with Crippen LogP contribution in [0.2, 0.25) is 5.02 Å². The highest BCUT2D eigenvalue weighted by atomic mass is 35.5. The minimum Gasteiger partial charge on any atom is -0.305 e. The lowest BCUT2D eigenvalue weighted by Gasteiger charge is -2.12. The van der Waals surface area contributed by atoms with Gasteiger partial charge in [0.25, 0.3) is 0 Å². The molecule has 0 aliphatic heterocycles. The highest BCUT2D eigenvalue weighted by Gasteiger charge is 2.09. The van der Waals surface area contributed by atoms with Crippen LogP contribution >= 0.6 is 22.9 Å². The summed E-state index contributed by atoms with van der Waals surface area (Å²) in [6, 6.07) is 19.1. The van der Waals surface area contributed by atoms with E-state index in [0.717, 1.165) is 11.6 Å². The summed E-state index contributed by atoms with van der Waals surface area (Å²) in [6.07, 6.45) is 0. The zero-order valence-electron chi connectivity index (χ0n) is 11.3. The van der Waals surface area contributed by atoms with E-state index in [1.807, 2.05) is 29.5 Å². The Hall–Kier alpha value is -1.35. The van der Waals surface area contributed by atoms with Gasteiger partial charge < -0.3 is 5.32 Å². The summed E-state index contributed by atoms with van der Waals surface area (Å²) in [7, 11) is 0. The molecule has 0 radical (unpaired) electrons. The first-order valence-electron chi connectivity index (χ1n) is 6.69. The average Bonchev–Trinajstić information content (AvgIpc) is 2.89. The van der Waals surface area contributed by atoms with E-state index in [4.69, 9.17) is 11.6 Å². The molecule has 3 aromatic rings. The lowest BCUT2D eigenvalue weighted by molar-refractivity contribution is 0.583. The first kappa shape index (κ1) is 13.6. The Kier molecular flexibility index (Phi) is 4.06. The summed E-state index contributed by atoms with van der Waals surface area (Å²) in [5.41, 5.74) is 1.21. The van der Waals surface area contributed by atoms with Gasteiger partial charge in [-0.25, -0.2) is 0 Å². The molecule has 0 aliphatic carbocycles.